The van der Waals surface area contributed by atoms with Gasteiger partial charge in [-0.25, -0.2) is 0 Å². The summed E-state index contributed by atoms with van der Waals surface area (Å²) < 4.78 is 11.1. The number of carbonyl (C=O) groups is 3. The number of aliphatic hydroxyl groups is 1. The molecule has 0 bridgehead atoms. The van der Waals surface area contributed by atoms with Crippen molar-refractivity contribution in [3.8, 4) is 0 Å². The highest BCUT2D eigenvalue weighted by atomic mass is 16.5. The number of carbonyl (C=O) groups excluding carboxylic acids is 3. The fourth-order valence-electron chi connectivity index (χ4n) is 7.54. The van der Waals surface area contributed by atoms with Crippen LogP contribution in [0, 0.1) is 27.6 Å². The van der Waals surface area contributed by atoms with E-state index in [0.29, 0.717) is 24.2 Å². The second kappa shape index (κ2) is 9.12. The Bertz CT molecular complexity index is 1290. The molecule has 1 heterocycles. The number of ether oxygens (including phenoxy) is 2. The van der Waals surface area contributed by atoms with Crippen molar-refractivity contribution in [3.63, 3.8) is 0 Å². The average molecular weight is 520 g/mol. The molecule has 7 atom stereocenters. The highest BCUT2D eigenvalue weighted by Gasteiger charge is 2.75. The molecule has 1 aromatic rings. The van der Waals surface area contributed by atoms with Gasteiger partial charge in [-0.05, 0) is 68.7 Å². The number of hydrogen-bond donors (Lipinski definition) is 1. The van der Waals surface area contributed by atoms with Crippen molar-refractivity contribution in [3.05, 3.63) is 75.4 Å². The predicted octanol–water partition coefficient (Wildman–Crippen LogP) is 4.43. The minimum atomic E-state index is -1.47. The van der Waals surface area contributed by atoms with Crippen LogP contribution in [0.15, 0.2) is 64.6 Å². The van der Waals surface area contributed by atoms with Gasteiger partial charge in [-0.3, -0.25) is 14.4 Å². The smallest absolute Gasteiger partial charge is 0.305 e. The lowest BCUT2D eigenvalue weighted by molar-refractivity contribution is -0.148. The zero-order valence-corrected chi connectivity index (χ0v) is 22.1. The monoisotopic (exact) mass is 519 g/mol. The zero-order valence-electron chi connectivity index (χ0n) is 22.1. The van der Waals surface area contributed by atoms with Gasteiger partial charge < -0.3 is 14.6 Å². The quantitative estimate of drug-likeness (QED) is 0.245. The van der Waals surface area contributed by atoms with E-state index in [9.17, 15) is 24.4 Å². The van der Waals surface area contributed by atoms with Gasteiger partial charge in [0.05, 0.1) is 30.7 Å². The topological polar surface area (TPSA) is 119 Å². The van der Waals surface area contributed by atoms with Gasteiger partial charge in [0.2, 0.25) is 0 Å². The Kier molecular flexibility index (Phi) is 6.29. The summed E-state index contributed by atoms with van der Waals surface area (Å²) in [6.07, 6.45) is 5.97. The van der Waals surface area contributed by atoms with Crippen LogP contribution in [-0.4, -0.2) is 48.5 Å². The van der Waals surface area contributed by atoms with E-state index in [0.717, 1.165) is 23.0 Å². The highest BCUT2D eigenvalue weighted by Crippen LogP contribution is 2.67. The molecule has 8 heteroatoms. The summed E-state index contributed by atoms with van der Waals surface area (Å²) in [5, 5.41) is 14.8. The number of esters is 1. The van der Waals surface area contributed by atoms with Crippen LogP contribution in [0.1, 0.15) is 61.9 Å². The Hall–Kier alpha value is -3.39. The molecule has 0 spiro atoms. The SMILES string of the molecule is COC(=O)C[C@H]1[C@H](CC2=C(C)[C@@H](c3ccc(C=O)cc3)C[C@@H]2O)C=C2OC[C@]3(C)C=CC(=O)C1(C)[C@@]23N=O. The number of ketones is 1. The summed E-state index contributed by atoms with van der Waals surface area (Å²) in [5.74, 6) is -1.38. The number of benzene rings is 1. The summed E-state index contributed by atoms with van der Waals surface area (Å²) in [6, 6.07) is 7.34. The molecule has 1 saturated heterocycles. The number of hydrogen-bond acceptors (Lipinski definition) is 8. The first-order valence-corrected chi connectivity index (χ1v) is 13.0. The molecule has 3 aliphatic carbocycles. The van der Waals surface area contributed by atoms with E-state index in [1.165, 1.54) is 13.2 Å². The second-order valence-corrected chi connectivity index (χ2v) is 11.5. The van der Waals surface area contributed by atoms with Gasteiger partial charge in [0.1, 0.15) is 12.0 Å². The fraction of sp³-hybridized carbons (Fsp3) is 0.500. The van der Waals surface area contributed by atoms with E-state index in [-0.39, 0.29) is 30.6 Å². The summed E-state index contributed by atoms with van der Waals surface area (Å²) in [6.45, 7) is 5.78. The van der Waals surface area contributed by atoms with E-state index >= 15 is 0 Å². The van der Waals surface area contributed by atoms with Gasteiger partial charge in [-0.1, -0.05) is 41.1 Å². The molecule has 38 heavy (non-hydrogen) atoms. The Morgan fingerprint density at radius 3 is 2.61 bits per heavy atom. The maximum Gasteiger partial charge on any atom is 0.305 e. The van der Waals surface area contributed by atoms with Crippen LogP contribution >= 0.6 is 0 Å². The minimum Gasteiger partial charge on any atom is -0.494 e. The van der Waals surface area contributed by atoms with Crippen LogP contribution < -0.4 is 0 Å². The van der Waals surface area contributed by atoms with Gasteiger partial charge in [0.15, 0.2) is 11.3 Å². The van der Waals surface area contributed by atoms with E-state index in [1.54, 1.807) is 25.1 Å². The van der Waals surface area contributed by atoms with Crippen LogP contribution in [0.3, 0.4) is 0 Å². The third-order valence-electron chi connectivity index (χ3n) is 9.77. The van der Waals surface area contributed by atoms with Crippen molar-refractivity contribution < 1.29 is 29.0 Å². The summed E-state index contributed by atoms with van der Waals surface area (Å²) >= 11 is 0. The Morgan fingerprint density at radius 1 is 1.26 bits per heavy atom. The maximum absolute atomic E-state index is 13.6. The van der Waals surface area contributed by atoms with Crippen molar-refractivity contribution in [2.45, 2.75) is 57.6 Å². The van der Waals surface area contributed by atoms with Crippen LogP contribution in [0.4, 0.5) is 0 Å². The molecule has 5 rings (SSSR count). The van der Waals surface area contributed by atoms with E-state index in [2.05, 4.69) is 5.18 Å². The van der Waals surface area contributed by atoms with E-state index in [1.807, 2.05) is 32.1 Å². The van der Waals surface area contributed by atoms with Crippen molar-refractivity contribution in [2.75, 3.05) is 13.7 Å². The van der Waals surface area contributed by atoms with Crippen LogP contribution in [-0.2, 0) is 19.1 Å². The lowest BCUT2D eigenvalue weighted by Crippen LogP contribution is -2.65. The minimum absolute atomic E-state index is 0.0208. The van der Waals surface area contributed by atoms with Crippen molar-refractivity contribution in [1.29, 1.82) is 0 Å². The molecule has 8 nitrogen and oxygen atoms in total. The standard InChI is InChI=1S/C30H33NO7/c1-17-21(19-7-5-18(15-32)6-8-19)13-24(33)22(17)11-20-12-26-30(31-36)28(2,16-38-26)10-9-25(34)29(30,3)23(20)14-27(35)37-4/h5-10,12,15,20-21,23-24,33H,11,13-14,16H2,1-4H3/t20-,21+,23+,24+,28+,29?,30-/m1/s1. The third kappa shape index (κ3) is 3.42. The molecule has 0 radical (unpaired) electrons. The normalized spacial score (nSPS) is 37.4. The molecular formula is C30H33NO7. The summed E-state index contributed by atoms with van der Waals surface area (Å²) in [7, 11) is 1.30. The molecule has 1 unspecified atom stereocenters. The highest BCUT2D eigenvalue weighted by molar-refractivity contribution is 5.99. The Balaban J connectivity index is 1.59. The lowest BCUT2D eigenvalue weighted by atomic mass is 9.45. The number of methoxy groups -OCH3 is 1. The van der Waals surface area contributed by atoms with E-state index < -0.39 is 34.4 Å². The first-order valence-electron chi connectivity index (χ1n) is 13.0. The van der Waals surface area contributed by atoms with Crippen LogP contribution in [0.5, 0.6) is 0 Å². The van der Waals surface area contributed by atoms with Gasteiger partial charge in [0, 0.05) is 17.9 Å². The number of aldehydes is 1. The molecule has 1 aliphatic heterocycles. The molecule has 1 fully saturated rings. The molecule has 4 aliphatic rings. The van der Waals surface area contributed by atoms with Gasteiger partial charge in [-0.2, -0.15) is 0 Å². The first kappa shape index (κ1) is 26.2. The van der Waals surface area contributed by atoms with Gasteiger partial charge in [0.25, 0.3) is 0 Å². The Labute approximate surface area is 221 Å². The largest absolute Gasteiger partial charge is 0.494 e. The molecule has 0 saturated carbocycles. The number of allylic oxidation sites excluding steroid dienone is 3. The van der Waals surface area contributed by atoms with Gasteiger partial charge in [-0.15, -0.1) is 4.91 Å². The molecule has 0 amide bonds. The molecule has 0 aromatic heterocycles. The Morgan fingerprint density at radius 2 is 1.97 bits per heavy atom. The second-order valence-electron chi connectivity index (χ2n) is 11.5. The number of nitroso groups, excluding NO2 is 1. The summed E-state index contributed by atoms with van der Waals surface area (Å²) in [5.41, 5.74) is -0.169. The number of rotatable bonds is 7. The van der Waals surface area contributed by atoms with Crippen molar-refractivity contribution in [1.82, 2.24) is 0 Å². The average Bonchev–Trinajstić information content (AvgIpc) is 3.37. The molecular weight excluding hydrogens is 486 g/mol. The molecule has 1 aromatic carbocycles. The van der Waals surface area contributed by atoms with Crippen LogP contribution in [0.25, 0.3) is 0 Å². The number of aliphatic hydroxyl groups excluding tert-OH is 1. The van der Waals surface area contributed by atoms with Crippen LogP contribution in [0.2, 0.25) is 0 Å². The fourth-order valence-corrected chi connectivity index (χ4v) is 7.54. The third-order valence-corrected chi connectivity index (χ3v) is 9.77. The van der Waals surface area contributed by atoms with E-state index in [4.69, 9.17) is 9.47 Å². The van der Waals surface area contributed by atoms with Crippen molar-refractivity contribution in [2.24, 2.45) is 27.8 Å². The number of nitrogens with zero attached hydrogens (tertiary/aromatic N) is 1. The lowest BCUT2D eigenvalue weighted by Gasteiger charge is -2.55. The predicted molar refractivity (Wildman–Crippen MR) is 139 cm³/mol. The van der Waals surface area contributed by atoms with Crippen molar-refractivity contribution >= 4 is 18.0 Å². The molecule has 200 valence electrons. The maximum atomic E-state index is 13.6. The zero-order chi connectivity index (χ0) is 27.5. The first-order chi connectivity index (χ1) is 18.1. The summed E-state index contributed by atoms with van der Waals surface area (Å²) in [4.78, 5) is 50.1. The van der Waals surface area contributed by atoms with Gasteiger partial charge >= 0.3 is 5.97 Å². The molecule has 1 N–H and O–H groups in total.